The Balaban J connectivity index is 3.56. The van der Waals surface area contributed by atoms with Crippen molar-refractivity contribution in [1.29, 1.82) is 0 Å². The zero-order chi connectivity index (χ0) is 27.1. The highest BCUT2D eigenvalue weighted by Gasteiger charge is 2.38. The smallest absolute Gasteiger partial charge is 0.408 e. The summed E-state index contributed by atoms with van der Waals surface area (Å²) in [6, 6.07) is 2.98. The highest BCUT2D eigenvalue weighted by atomic mass is 16.6. The van der Waals surface area contributed by atoms with Gasteiger partial charge in [-0.2, -0.15) is 0 Å². The van der Waals surface area contributed by atoms with Crippen LogP contribution in [0.2, 0.25) is 0 Å². The Morgan fingerprint density at radius 2 is 1.69 bits per heavy atom. The molecule has 0 heterocycles. The van der Waals surface area contributed by atoms with Gasteiger partial charge in [0.05, 0.1) is 13.0 Å². The van der Waals surface area contributed by atoms with Gasteiger partial charge in [0.1, 0.15) is 17.7 Å². The lowest BCUT2D eigenvalue weighted by atomic mass is 9.95. The number of carbonyl (C=O) groups excluding carboxylic acids is 4. The maximum Gasteiger partial charge on any atom is 0.408 e. The lowest BCUT2D eigenvalue weighted by Crippen LogP contribution is -2.56. The number of nitrogens with one attached hydrogen (secondary N) is 2. The minimum absolute atomic E-state index is 0.223. The lowest BCUT2D eigenvalue weighted by molar-refractivity contribution is -0.144. The van der Waals surface area contributed by atoms with E-state index >= 15 is 0 Å². The summed E-state index contributed by atoms with van der Waals surface area (Å²) < 4.78 is 5.23. The molecular weight excluding hydrogens is 452 g/mol. The molecule has 0 fully saturated rings. The predicted molar refractivity (Wildman–Crippen MR) is 132 cm³/mol. The number of benzene rings is 1. The van der Waals surface area contributed by atoms with Crippen LogP contribution < -0.4 is 16.4 Å². The monoisotopic (exact) mass is 492 g/mol. The van der Waals surface area contributed by atoms with E-state index in [4.69, 9.17) is 10.5 Å². The first kappa shape index (κ1) is 29.9. The number of aryl methyl sites for hydroxylation is 2. The molecule has 2 unspecified atom stereocenters. The van der Waals surface area contributed by atoms with Crippen molar-refractivity contribution in [1.82, 2.24) is 15.5 Å². The fourth-order valence-corrected chi connectivity index (χ4v) is 3.47. The molecule has 0 saturated carbocycles. The number of rotatable bonds is 9. The van der Waals surface area contributed by atoms with E-state index in [0.29, 0.717) is 5.56 Å². The minimum atomic E-state index is -1.40. The first-order valence-corrected chi connectivity index (χ1v) is 11.5. The van der Waals surface area contributed by atoms with Crippen molar-refractivity contribution in [2.24, 2.45) is 5.73 Å². The van der Waals surface area contributed by atoms with E-state index in [9.17, 15) is 24.3 Å². The zero-order valence-corrected chi connectivity index (χ0v) is 22.0. The van der Waals surface area contributed by atoms with Crippen LogP contribution in [-0.4, -0.2) is 64.2 Å². The number of carbonyl (C=O) groups is 4. The highest BCUT2D eigenvalue weighted by molar-refractivity contribution is 5.94. The maximum absolute atomic E-state index is 13.7. The number of nitrogens with zero attached hydrogens (tertiary/aromatic N) is 1. The second kappa shape index (κ2) is 12.0. The molecular formula is C25H40N4O6. The fraction of sp³-hybridized carbons (Fsp3) is 0.600. The van der Waals surface area contributed by atoms with Gasteiger partial charge in [0.2, 0.25) is 17.7 Å². The fourth-order valence-electron chi connectivity index (χ4n) is 3.47. The molecule has 0 bridgehead atoms. The van der Waals surface area contributed by atoms with Crippen LogP contribution in [0.1, 0.15) is 70.7 Å². The molecule has 0 radical (unpaired) electrons. The van der Waals surface area contributed by atoms with Gasteiger partial charge in [0.15, 0.2) is 0 Å². The number of amides is 4. The summed E-state index contributed by atoms with van der Waals surface area (Å²) in [5, 5.41) is 15.1. The van der Waals surface area contributed by atoms with Gasteiger partial charge in [-0.15, -0.1) is 0 Å². The van der Waals surface area contributed by atoms with Crippen molar-refractivity contribution in [3.05, 3.63) is 34.9 Å². The Labute approximate surface area is 207 Å². The van der Waals surface area contributed by atoms with E-state index in [2.05, 4.69) is 10.6 Å². The predicted octanol–water partition coefficient (Wildman–Crippen LogP) is 1.85. The summed E-state index contributed by atoms with van der Waals surface area (Å²) in [5.74, 6) is -2.05. The van der Waals surface area contributed by atoms with Crippen molar-refractivity contribution in [2.45, 2.75) is 85.0 Å². The summed E-state index contributed by atoms with van der Waals surface area (Å²) in [6.45, 7) is 13.4. The van der Waals surface area contributed by atoms with Crippen molar-refractivity contribution in [3.8, 4) is 0 Å². The first-order valence-electron chi connectivity index (χ1n) is 11.5. The molecule has 0 aromatic heterocycles. The molecule has 0 aliphatic rings. The van der Waals surface area contributed by atoms with Crippen LogP contribution in [0.4, 0.5) is 4.79 Å². The number of aliphatic hydroxyl groups is 1. The van der Waals surface area contributed by atoms with Crippen LogP contribution in [0.3, 0.4) is 0 Å². The average molecular weight is 493 g/mol. The Bertz CT molecular complexity index is 933. The van der Waals surface area contributed by atoms with Gasteiger partial charge in [-0.3, -0.25) is 14.4 Å². The molecule has 1 rings (SSSR count). The Kier molecular flexibility index (Phi) is 10.3. The third kappa shape index (κ3) is 9.94. The molecule has 0 saturated heterocycles. The Hall–Kier alpha value is -3.14. The summed E-state index contributed by atoms with van der Waals surface area (Å²) in [5.41, 5.74) is 6.09. The van der Waals surface area contributed by atoms with Crippen molar-refractivity contribution >= 4 is 23.8 Å². The lowest BCUT2D eigenvalue weighted by Gasteiger charge is -2.36. The van der Waals surface area contributed by atoms with Crippen LogP contribution in [0, 0.1) is 13.8 Å². The first-order chi connectivity index (χ1) is 15.9. The van der Waals surface area contributed by atoms with E-state index in [1.165, 1.54) is 0 Å². The van der Waals surface area contributed by atoms with Gasteiger partial charge < -0.3 is 31.1 Å². The highest BCUT2D eigenvalue weighted by Crippen LogP contribution is 2.27. The third-order valence-corrected chi connectivity index (χ3v) is 4.81. The topological polar surface area (TPSA) is 151 Å². The SMILES string of the molecule is Cc1ccc(C)c(C(C(=O)NC(C)(C)C)N(CCO)C(=O)C(CC(N)=O)NC(=O)OC(C)(C)C)c1. The zero-order valence-electron chi connectivity index (χ0n) is 22.0. The molecule has 2 atom stereocenters. The summed E-state index contributed by atoms with van der Waals surface area (Å²) in [7, 11) is 0. The van der Waals surface area contributed by atoms with Crippen LogP contribution in [0.5, 0.6) is 0 Å². The van der Waals surface area contributed by atoms with Gasteiger partial charge in [0.25, 0.3) is 0 Å². The van der Waals surface area contributed by atoms with E-state index in [1.807, 2.05) is 46.8 Å². The quantitative estimate of drug-likeness (QED) is 0.413. The molecule has 4 amide bonds. The van der Waals surface area contributed by atoms with E-state index in [1.54, 1.807) is 26.8 Å². The van der Waals surface area contributed by atoms with Crippen LogP contribution in [-0.2, 0) is 19.1 Å². The average Bonchev–Trinajstić information content (AvgIpc) is 2.66. The molecule has 0 aliphatic heterocycles. The van der Waals surface area contributed by atoms with Crippen molar-refractivity contribution < 1.29 is 29.0 Å². The summed E-state index contributed by atoms with van der Waals surface area (Å²) in [4.78, 5) is 52.5. The molecule has 1 aromatic rings. The second-order valence-corrected chi connectivity index (χ2v) is 10.6. The molecule has 35 heavy (non-hydrogen) atoms. The van der Waals surface area contributed by atoms with Crippen molar-refractivity contribution in [2.75, 3.05) is 13.2 Å². The maximum atomic E-state index is 13.7. The summed E-state index contributed by atoms with van der Waals surface area (Å²) >= 11 is 0. The Morgan fingerprint density at radius 3 is 2.17 bits per heavy atom. The van der Waals surface area contributed by atoms with Crippen LogP contribution in [0.25, 0.3) is 0 Å². The number of hydrogen-bond acceptors (Lipinski definition) is 6. The molecule has 10 heteroatoms. The van der Waals surface area contributed by atoms with E-state index in [0.717, 1.165) is 16.0 Å². The number of alkyl carbamates (subject to hydrolysis) is 1. The Morgan fingerprint density at radius 1 is 1.09 bits per heavy atom. The number of nitrogens with two attached hydrogens (primary N) is 1. The third-order valence-electron chi connectivity index (χ3n) is 4.81. The normalized spacial score (nSPS) is 13.4. The number of hydrogen-bond donors (Lipinski definition) is 4. The van der Waals surface area contributed by atoms with Crippen molar-refractivity contribution in [3.63, 3.8) is 0 Å². The molecule has 1 aromatic carbocycles. The minimum Gasteiger partial charge on any atom is -0.444 e. The second-order valence-electron chi connectivity index (χ2n) is 10.6. The number of ether oxygens (including phenoxy) is 1. The van der Waals surface area contributed by atoms with E-state index < -0.39 is 60.1 Å². The summed E-state index contributed by atoms with van der Waals surface area (Å²) in [6.07, 6.45) is -1.43. The molecule has 196 valence electrons. The van der Waals surface area contributed by atoms with Gasteiger partial charge in [-0.1, -0.05) is 23.8 Å². The molecule has 0 spiro atoms. The van der Waals surface area contributed by atoms with Gasteiger partial charge in [-0.05, 0) is 66.5 Å². The van der Waals surface area contributed by atoms with Crippen LogP contribution in [0.15, 0.2) is 18.2 Å². The van der Waals surface area contributed by atoms with Crippen LogP contribution >= 0.6 is 0 Å². The van der Waals surface area contributed by atoms with Gasteiger partial charge >= 0.3 is 6.09 Å². The van der Waals surface area contributed by atoms with Gasteiger partial charge in [-0.25, -0.2) is 4.79 Å². The molecule has 0 aliphatic carbocycles. The largest absolute Gasteiger partial charge is 0.444 e. The number of primary amides is 1. The van der Waals surface area contributed by atoms with E-state index in [-0.39, 0.29) is 6.54 Å². The number of aliphatic hydroxyl groups excluding tert-OH is 1. The molecule has 5 N–H and O–H groups in total. The standard InChI is InChI=1S/C25H40N4O6/c1-15-9-10-16(2)17(13-15)20(21(32)28-24(3,4)5)29(11-12-30)22(33)18(14-19(26)31)27-23(34)35-25(6,7)8/h9-10,13,18,20,30H,11-12,14H2,1-8H3,(H2,26,31)(H,27,34)(H,28,32). The molecule has 10 nitrogen and oxygen atoms in total. The van der Waals surface area contributed by atoms with Gasteiger partial charge in [0, 0.05) is 12.1 Å².